The van der Waals surface area contributed by atoms with Gasteiger partial charge in [0.05, 0.1) is 17.5 Å². The molecule has 0 heterocycles. The van der Waals surface area contributed by atoms with E-state index >= 15 is 0 Å². The fourth-order valence-corrected chi connectivity index (χ4v) is 4.39. The Kier molecular flexibility index (Phi) is 6.08. The maximum absolute atomic E-state index is 12.6. The predicted molar refractivity (Wildman–Crippen MR) is 113 cm³/mol. The lowest BCUT2D eigenvalue weighted by atomic mass is 9.89. The second-order valence-corrected chi connectivity index (χ2v) is 9.63. The lowest BCUT2D eigenvalue weighted by molar-refractivity contribution is 0.0940. The van der Waals surface area contributed by atoms with Gasteiger partial charge in [0, 0.05) is 12.6 Å². The molecule has 6 heteroatoms. The zero-order chi connectivity index (χ0) is 20.3. The highest BCUT2D eigenvalue weighted by Crippen LogP contribution is 2.25. The van der Waals surface area contributed by atoms with Crippen LogP contribution in [0, 0.1) is 0 Å². The van der Waals surface area contributed by atoms with Crippen molar-refractivity contribution >= 4 is 21.6 Å². The van der Waals surface area contributed by atoms with Crippen LogP contribution in [0.25, 0.3) is 0 Å². The molecule has 0 bridgehead atoms. The fourth-order valence-electron chi connectivity index (χ4n) is 3.56. The van der Waals surface area contributed by atoms with Gasteiger partial charge < -0.3 is 5.32 Å². The summed E-state index contributed by atoms with van der Waals surface area (Å²) in [5, 5.41) is 3.04. The molecule has 2 aromatic rings. The molecule has 1 N–H and O–H groups in total. The largest absolute Gasteiger partial charge is 0.346 e. The number of amides is 1. The molecule has 28 heavy (non-hydrogen) atoms. The summed E-state index contributed by atoms with van der Waals surface area (Å²) >= 11 is 0. The van der Waals surface area contributed by atoms with E-state index in [9.17, 15) is 13.2 Å². The summed E-state index contributed by atoms with van der Waals surface area (Å²) in [6, 6.07) is 13.0. The number of hydrogen-bond donors (Lipinski definition) is 1. The van der Waals surface area contributed by atoms with E-state index in [0.717, 1.165) is 18.4 Å². The maximum atomic E-state index is 12.6. The second kappa shape index (κ2) is 8.35. The van der Waals surface area contributed by atoms with Gasteiger partial charge in [-0.3, -0.25) is 9.10 Å². The highest BCUT2D eigenvalue weighted by atomic mass is 32.2. The average molecular weight is 401 g/mol. The van der Waals surface area contributed by atoms with Gasteiger partial charge in [0.1, 0.15) is 0 Å². The number of anilines is 1. The Labute approximate surface area is 167 Å². The van der Waals surface area contributed by atoms with Crippen LogP contribution >= 0.6 is 0 Å². The zero-order valence-corrected chi connectivity index (χ0v) is 17.6. The minimum Gasteiger partial charge on any atom is -0.346 e. The molecule has 0 saturated carbocycles. The Morgan fingerprint density at radius 2 is 1.71 bits per heavy atom. The topological polar surface area (TPSA) is 66.5 Å². The smallest absolute Gasteiger partial charge is 0.251 e. The fraction of sp³-hybridized carbons (Fsp3) is 0.409. The number of hydrogen-bond acceptors (Lipinski definition) is 3. The van der Waals surface area contributed by atoms with Crippen LogP contribution in [0.15, 0.2) is 42.5 Å². The zero-order valence-electron chi connectivity index (χ0n) is 16.7. The summed E-state index contributed by atoms with van der Waals surface area (Å²) in [5.74, 6) is -0.137. The number of rotatable bonds is 6. The van der Waals surface area contributed by atoms with Crippen molar-refractivity contribution in [2.75, 3.05) is 17.1 Å². The second-order valence-electron chi connectivity index (χ2n) is 7.35. The molecule has 1 aliphatic carbocycles. The van der Waals surface area contributed by atoms with Crippen molar-refractivity contribution in [2.45, 2.75) is 45.6 Å². The summed E-state index contributed by atoms with van der Waals surface area (Å²) in [4.78, 5) is 12.6. The van der Waals surface area contributed by atoms with Crippen molar-refractivity contribution < 1.29 is 13.2 Å². The number of carbonyl (C=O) groups excluding carboxylic acids is 1. The maximum Gasteiger partial charge on any atom is 0.251 e. The van der Waals surface area contributed by atoms with Crippen LogP contribution < -0.4 is 9.62 Å². The van der Waals surface area contributed by atoms with Gasteiger partial charge >= 0.3 is 0 Å². The molecule has 0 radical (unpaired) electrons. The van der Waals surface area contributed by atoms with Crippen LogP contribution in [-0.2, 0) is 22.9 Å². The minimum atomic E-state index is -3.31. The molecular formula is C22H28N2O3S. The van der Waals surface area contributed by atoms with Crippen molar-refractivity contribution in [2.24, 2.45) is 0 Å². The van der Waals surface area contributed by atoms with Crippen molar-refractivity contribution in [3.05, 3.63) is 64.7 Å². The molecule has 0 aromatic heterocycles. The third-order valence-corrected chi connectivity index (χ3v) is 7.27. The molecule has 3 rings (SSSR count). The molecule has 1 atom stereocenters. The van der Waals surface area contributed by atoms with E-state index in [4.69, 9.17) is 0 Å². The number of nitrogens with one attached hydrogen (secondary N) is 1. The molecule has 1 aliphatic rings. The van der Waals surface area contributed by atoms with E-state index in [1.807, 2.05) is 6.92 Å². The van der Waals surface area contributed by atoms with Crippen LogP contribution in [0.5, 0.6) is 0 Å². The van der Waals surface area contributed by atoms with Crippen LogP contribution in [-0.4, -0.2) is 27.1 Å². The van der Waals surface area contributed by atoms with Crippen molar-refractivity contribution in [3.8, 4) is 0 Å². The Morgan fingerprint density at radius 3 is 2.36 bits per heavy atom. The monoisotopic (exact) mass is 400 g/mol. The molecule has 0 saturated heterocycles. The van der Waals surface area contributed by atoms with Gasteiger partial charge in [0.15, 0.2) is 0 Å². The highest BCUT2D eigenvalue weighted by molar-refractivity contribution is 7.92. The number of aryl methyl sites for hydroxylation is 2. The predicted octanol–water partition coefficient (Wildman–Crippen LogP) is 3.84. The third kappa shape index (κ3) is 4.38. The molecule has 0 unspecified atom stereocenters. The highest BCUT2D eigenvalue weighted by Gasteiger charge is 2.18. The lowest BCUT2D eigenvalue weighted by Gasteiger charge is -2.20. The summed E-state index contributed by atoms with van der Waals surface area (Å²) in [6.07, 6.45) is 4.74. The van der Waals surface area contributed by atoms with Gasteiger partial charge in [-0.1, -0.05) is 18.2 Å². The van der Waals surface area contributed by atoms with Crippen molar-refractivity contribution in [1.29, 1.82) is 0 Å². The first-order chi connectivity index (χ1) is 13.3. The first kappa shape index (κ1) is 20.4. The lowest BCUT2D eigenvalue weighted by Crippen LogP contribution is -2.28. The molecule has 1 amide bonds. The Bertz CT molecular complexity index is 952. The summed E-state index contributed by atoms with van der Waals surface area (Å²) in [6.45, 7) is 3.59. The molecule has 0 aliphatic heterocycles. The third-order valence-electron chi connectivity index (χ3n) is 5.50. The number of fused-ring (bicyclic) bond motifs is 1. The van der Waals surface area contributed by atoms with E-state index in [2.05, 4.69) is 23.5 Å². The van der Waals surface area contributed by atoms with Crippen molar-refractivity contribution in [1.82, 2.24) is 5.32 Å². The first-order valence-corrected chi connectivity index (χ1v) is 11.4. The van der Waals surface area contributed by atoms with Gasteiger partial charge in [0.2, 0.25) is 10.0 Å². The van der Waals surface area contributed by atoms with Gasteiger partial charge in [0.25, 0.3) is 5.91 Å². The Morgan fingerprint density at radius 1 is 1.07 bits per heavy atom. The van der Waals surface area contributed by atoms with E-state index in [0.29, 0.717) is 11.3 Å². The Hall–Kier alpha value is -2.34. The van der Waals surface area contributed by atoms with E-state index in [1.54, 1.807) is 31.2 Å². The summed E-state index contributed by atoms with van der Waals surface area (Å²) in [7, 11) is -1.79. The molecule has 150 valence electrons. The molecule has 0 fully saturated rings. The molecule has 0 spiro atoms. The Balaban J connectivity index is 1.69. The average Bonchev–Trinajstić information content (AvgIpc) is 2.72. The number of carbonyl (C=O) groups is 1. The van der Waals surface area contributed by atoms with Gasteiger partial charge in [-0.05, 0) is 80.5 Å². The van der Waals surface area contributed by atoms with Crippen LogP contribution in [0.1, 0.15) is 59.8 Å². The van der Waals surface area contributed by atoms with Crippen LogP contribution in [0.4, 0.5) is 5.69 Å². The minimum absolute atomic E-state index is 0.0318. The van der Waals surface area contributed by atoms with Gasteiger partial charge in [-0.25, -0.2) is 8.42 Å². The van der Waals surface area contributed by atoms with Crippen LogP contribution in [0.2, 0.25) is 0 Å². The quantitative estimate of drug-likeness (QED) is 0.801. The molecular weight excluding hydrogens is 372 g/mol. The number of benzene rings is 2. The van der Waals surface area contributed by atoms with E-state index in [1.165, 1.54) is 35.3 Å². The number of sulfonamides is 1. The van der Waals surface area contributed by atoms with Gasteiger partial charge in [-0.2, -0.15) is 0 Å². The standard InChI is InChI=1S/C22H28N2O3S/c1-4-28(26,27)24(3)21-13-11-18(12-14-21)22(25)23-16(2)19-10-9-17-7-5-6-8-20(17)15-19/h9-16H,4-8H2,1-3H3,(H,23,25)/t16-/m0/s1. The van der Waals surface area contributed by atoms with Crippen LogP contribution in [0.3, 0.4) is 0 Å². The van der Waals surface area contributed by atoms with Crippen molar-refractivity contribution in [3.63, 3.8) is 0 Å². The SMILES string of the molecule is CCS(=O)(=O)N(C)c1ccc(C(=O)N[C@@H](C)c2ccc3c(c2)CCCC3)cc1. The normalized spacial score (nSPS) is 14.8. The number of nitrogens with zero attached hydrogens (tertiary/aromatic N) is 1. The van der Waals surface area contributed by atoms with E-state index < -0.39 is 10.0 Å². The summed E-state index contributed by atoms with van der Waals surface area (Å²) in [5.41, 5.74) is 4.99. The first-order valence-electron chi connectivity index (χ1n) is 9.81. The summed E-state index contributed by atoms with van der Waals surface area (Å²) < 4.78 is 25.2. The molecule has 5 nitrogen and oxygen atoms in total. The van der Waals surface area contributed by atoms with E-state index in [-0.39, 0.29) is 17.7 Å². The molecule has 2 aromatic carbocycles. The van der Waals surface area contributed by atoms with Gasteiger partial charge in [-0.15, -0.1) is 0 Å².